The molecule has 0 atom stereocenters. The number of nitrogens with zero attached hydrogens (tertiary/aromatic N) is 3. The van der Waals surface area contributed by atoms with Crippen molar-refractivity contribution in [2.24, 2.45) is 7.05 Å². The van der Waals surface area contributed by atoms with E-state index in [1.54, 1.807) is 18.2 Å². The number of thioether (sulfide) groups is 1. The van der Waals surface area contributed by atoms with Crippen LogP contribution in [0.1, 0.15) is 37.4 Å². The molecule has 24 heavy (non-hydrogen) atoms. The lowest BCUT2D eigenvalue weighted by molar-refractivity contribution is -0.113. The molecule has 1 saturated carbocycles. The zero-order valence-corrected chi connectivity index (χ0v) is 15.6. The van der Waals surface area contributed by atoms with Crippen LogP contribution in [0.5, 0.6) is 0 Å². The number of nitrogens with one attached hydrogen (secondary N) is 1. The summed E-state index contributed by atoms with van der Waals surface area (Å²) in [5.41, 5.74) is 0.513. The smallest absolute Gasteiger partial charge is 0.234 e. The zero-order chi connectivity index (χ0) is 17.1. The number of rotatable bonds is 5. The largest absolute Gasteiger partial charge is 0.324 e. The topological polar surface area (TPSA) is 59.8 Å². The van der Waals surface area contributed by atoms with E-state index in [-0.39, 0.29) is 11.7 Å². The minimum absolute atomic E-state index is 0.158. The molecule has 0 spiro atoms. The molecule has 1 aromatic carbocycles. The molecule has 2 aromatic rings. The third-order valence-electron chi connectivity index (χ3n) is 4.12. The van der Waals surface area contributed by atoms with Gasteiger partial charge in [-0.25, -0.2) is 0 Å². The molecule has 5 nitrogen and oxygen atoms in total. The monoisotopic (exact) mass is 384 g/mol. The van der Waals surface area contributed by atoms with Crippen LogP contribution >= 0.6 is 35.0 Å². The van der Waals surface area contributed by atoms with Crippen molar-refractivity contribution in [2.45, 2.75) is 36.8 Å². The highest BCUT2D eigenvalue weighted by Gasteiger charge is 2.23. The van der Waals surface area contributed by atoms with Crippen molar-refractivity contribution < 1.29 is 4.79 Å². The first-order valence-corrected chi connectivity index (χ1v) is 9.55. The molecule has 1 N–H and O–H groups in total. The molecule has 0 saturated heterocycles. The van der Waals surface area contributed by atoms with Crippen LogP contribution in [-0.2, 0) is 11.8 Å². The van der Waals surface area contributed by atoms with Gasteiger partial charge in [0.1, 0.15) is 5.82 Å². The van der Waals surface area contributed by atoms with Crippen LogP contribution in [0.2, 0.25) is 10.0 Å². The highest BCUT2D eigenvalue weighted by atomic mass is 35.5. The number of carbonyl (C=O) groups excluding carboxylic acids is 1. The predicted molar refractivity (Wildman–Crippen MR) is 98.0 cm³/mol. The van der Waals surface area contributed by atoms with Crippen LogP contribution in [0.4, 0.5) is 5.69 Å². The number of carbonyl (C=O) groups is 1. The van der Waals surface area contributed by atoms with E-state index in [4.69, 9.17) is 23.2 Å². The Balaban J connectivity index is 1.59. The number of halogens is 2. The summed E-state index contributed by atoms with van der Waals surface area (Å²) in [6, 6.07) is 4.97. The number of hydrogen-bond donors (Lipinski definition) is 1. The molecule has 128 valence electrons. The summed E-state index contributed by atoms with van der Waals surface area (Å²) in [7, 11) is 1.96. The summed E-state index contributed by atoms with van der Waals surface area (Å²) in [5.74, 6) is 1.60. The maximum Gasteiger partial charge on any atom is 0.234 e. The van der Waals surface area contributed by atoms with Crippen molar-refractivity contribution in [3.8, 4) is 0 Å². The third-order valence-corrected chi connectivity index (χ3v) is 5.71. The number of hydrogen-bond acceptors (Lipinski definition) is 4. The van der Waals surface area contributed by atoms with Gasteiger partial charge in [0.15, 0.2) is 5.16 Å². The van der Waals surface area contributed by atoms with Gasteiger partial charge in [0.05, 0.1) is 16.5 Å². The van der Waals surface area contributed by atoms with Crippen molar-refractivity contribution >= 4 is 46.6 Å². The molecule has 3 rings (SSSR count). The molecule has 1 fully saturated rings. The van der Waals surface area contributed by atoms with Crippen LogP contribution in [0.25, 0.3) is 0 Å². The van der Waals surface area contributed by atoms with E-state index in [1.165, 1.54) is 37.4 Å². The van der Waals surface area contributed by atoms with Crippen LogP contribution in [-0.4, -0.2) is 26.4 Å². The van der Waals surface area contributed by atoms with Gasteiger partial charge in [-0.3, -0.25) is 4.79 Å². The third kappa shape index (κ3) is 4.05. The van der Waals surface area contributed by atoms with Gasteiger partial charge in [0, 0.05) is 18.0 Å². The fourth-order valence-corrected chi connectivity index (χ4v) is 3.96. The SMILES string of the molecule is Cn1c(SCC(=O)Nc2cc(Cl)ccc2Cl)nnc1C1CCCC1. The molecule has 0 bridgehead atoms. The van der Waals surface area contributed by atoms with E-state index in [0.717, 1.165) is 11.0 Å². The number of aromatic nitrogens is 3. The minimum Gasteiger partial charge on any atom is -0.324 e. The number of amides is 1. The first kappa shape index (κ1) is 17.6. The van der Waals surface area contributed by atoms with E-state index in [0.29, 0.717) is 21.7 Å². The highest BCUT2D eigenvalue weighted by molar-refractivity contribution is 7.99. The van der Waals surface area contributed by atoms with Gasteiger partial charge in [0.2, 0.25) is 5.91 Å². The molecule has 1 aliphatic carbocycles. The fourth-order valence-electron chi connectivity index (χ4n) is 2.90. The van der Waals surface area contributed by atoms with E-state index in [1.807, 2.05) is 11.6 Å². The standard InChI is InChI=1S/C16H18Cl2N4OS/c1-22-15(10-4-2-3-5-10)20-21-16(22)24-9-14(23)19-13-8-11(17)6-7-12(13)18/h6-8,10H,2-5,9H2,1H3,(H,19,23). The first-order valence-electron chi connectivity index (χ1n) is 7.81. The Kier molecular flexibility index (Phi) is 5.69. The number of benzene rings is 1. The van der Waals surface area contributed by atoms with Crippen molar-refractivity contribution in [3.63, 3.8) is 0 Å². The second-order valence-corrected chi connectivity index (χ2v) is 7.63. The van der Waals surface area contributed by atoms with Crippen molar-refractivity contribution in [1.82, 2.24) is 14.8 Å². The average molecular weight is 385 g/mol. The summed E-state index contributed by atoms with van der Waals surface area (Å²) in [5, 5.41) is 13.0. The number of anilines is 1. The first-order chi connectivity index (χ1) is 11.5. The normalized spacial score (nSPS) is 15.0. The molecule has 0 radical (unpaired) electrons. The molecule has 1 amide bonds. The summed E-state index contributed by atoms with van der Waals surface area (Å²) >= 11 is 13.3. The molecule has 0 unspecified atom stereocenters. The van der Waals surface area contributed by atoms with E-state index in [9.17, 15) is 4.79 Å². The van der Waals surface area contributed by atoms with E-state index < -0.39 is 0 Å². The van der Waals surface area contributed by atoms with Crippen molar-refractivity contribution in [2.75, 3.05) is 11.1 Å². The lowest BCUT2D eigenvalue weighted by Gasteiger charge is -2.09. The molecule has 1 aromatic heterocycles. The second kappa shape index (κ2) is 7.76. The van der Waals surface area contributed by atoms with Crippen LogP contribution in [0.3, 0.4) is 0 Å². The van der Waals surface area contributed by atoms with Crippen LogP contribution in [0, 0.1) is 0 Å². The molecule has 0 aliphatic heterocycles. The molecule has 1 aliphatic rings. The van der Waals surface area contributed by atoms with E-state index in [2.05, 4.69) is 15.5 Å². The van der Waals surface area contributed by atoms with Crippen LogP contribution < -0.4 is 5.32 Å². The second-order valence-electron chi connectivity index (χ2n) is 5.84. The predicted octanol–water partition coefficient (Wildman–Crippen LogP) is 4.51. The summed E-state index contributed by atoms with van der Waals surface area (Å²) in [6.07, 6.45) is 4.85. The Bertz CT molecular complexity index is 744. The van der Waals surface area contributed by atoms with Crippen molar-refractivity contribution in [3.05, 3.63) is 34.1 Å². The summed E-state index contributed by atoms with van der Waals surface area (Å²) in [4.78, 5) is 12.1. The Hall–Kier alpha value is -1.24. The van der Waals surface area contributed by atoms with Gasteiger partial charge in [-0.05, 0) is 31.0 Å². The Labute approximate surface area is 155 Å². The van der Waals surface area contributed by atoms with Gasteiger partial charge in [-0.1, -0.05) is 47.8 Å². The lowest BCUT2D eigenvalue weighted by atomic mass is 10.1. The van der Waals surface area contributed by atoms with Gasteiger partial charge >= 0.3 is 0 Å². The van der Waals surface area contributed by atoms with Crippen molar-refractivity contribution in [1.29, 1.82) is 0 Å². The van der Waals surface area contributed by atoms with Gasteiger partial charge < -0.3 is 9.88 Å². The van der Waals surface area contributed by atoms with Gasteiger partial charge in [0.25, 0.3) is 0 Å². The van der Waals surface area contributed by atoms with Gasteiger partial charge in [-0.15, -0.1) is 10.2 Å². The summed E-state index contributed by atoms with van der Waals surface area (Å²) in [6.45, 7) is 0. The fraction of sp³-hybridized carbons (Fsp3) is 0.438. The summed E-state index contributed by atoms with van der Waals surface area (Å²) < 4.78 is 2.00. The minimum atomic E-state index is -0.158. The van der Waals surface area contributed by atoms with E-state index >= 15 is 0 Å². The molecule has 8 heteroatoms. The maximum absolute atomic E-state index is 12.1. The van der Waals surface area contributed by atoms with Crippen LogP contribution in [0.15, 0.2) is 23.4 Å². The molecular formula is C16H18Cl2N4OS. The quantitative estimate of drug-likeness (QED) is 0.770. The Morgan fingerprint density at radius 2 is 2.08 bits per heavy atom. The zero-order valence-electron chi connectivity index (χ0n) is 13.3. The average Bonchev–Trinajstić information content (AvgIpc) is 3.18. The van der Waals surface area contributed by atoms with Gasteiger partial charge in [-0.2, -0.15) is 0 Å². The molecule has 1 heterocycles. The Morgan fingerprint density at radius 3 is 2.83 bits per heavy atom. The highest BCUT2D eigenvalue weighted by Crippen LogP contribution is 2.34. The lowest BCUT2D eigenvalue weighted by Crippen LogP contribution is -2.15. The Morgan fingerprint density at radius 1 is 1.33 bits per heavy atom. The maximum atomic E-state index is 12.1. The molecular weight excluding hydrogens is 367 g/mol.